The lowest BCUT2D eigenvalue weighted by atomic mass is 9.74. The van der Waals surface area contributed by atoms with E-state index in [1.54, 1.807) is 13.2 Å². The highest BCUT2D eigenvalue weighted by atomic mass is 19.1. The number of carbonyl (C=O) groups excluding carboxylic acids is 2. The number of ether oxygens (including phenoxy) is 2. The van der Waals surface area contributed by atoms with E-state index in [-0.39, 0.29) is 17.6 Å². The van der Waals surface area contributed by atoms with Gasteiger partial charge < -0.3 is 20.1 Å². The van der Waals surface area contributed by atoms with E-state index in [2.05, 4.69) is 10.6 Å². The van der Waals surface area contributed by atoms with E-state index >= 15 is 0 Å². The van der Waals surface area contributed by atoms with Crippen molar-refractivity contribution < 1.29 is 23.5 Å². The SMILES string of the molecule is COc1ccc(C2(CNC(=O)C(=O)Nc3ccccc3F)CCOCC2)cc1. The standard InChI is InChI=1S/C21H23FN2O4/c1-27-16-8-6-15(7-9-16)21(10-12-28-13-11-21)14-23-19(25)20(26)24-18-5-3-2-4-17(18)22/h2-9H,10-14H2,1H3,(H,23,25)(H,24,26). The predicted molar refractivity (Wildman–Crippen MR) is 103 cm³/mol. The fraction of sp³-hybridized carbons (Fsp3) is 0.333. The molecule has 148 valence electrons. The van der Waals surface area contributed by atoms with E-state index in [4.69, 9.17) is 9.47 Å². The smallest absolute Gasteiger partial charge is 0.313 e. The minimum absolute atomic E-state index is 0.0291. The Labute approximate surface area is 163 Å². The first kappa shape index (κ1) is 19.8. The van der Waals surface area contributed by atoms with Crippen molar-refractivity contribution in [3.05, 3.63) is 59.9 Å². The average Bonchev–Trinajstić information content (AvgIpc) is 2.74. The van der Waals surface area contributed by atoms with Crippen LogP contribution in [-0.2, 0) is 19.7 Å². The lowest BCUT2D eigenvalue weighted by molar-refractivity contribution is -0.136. The van der Waals surface area contributed by atoms with Gasteiger partial charge in [0.25, 0.3) is 0 Å². The van der Waals surface area contributed by atoms with Crippen molar-refractivity contribution in [1.29, 1.82) is 0 Å². The summed E-state index contributed by atoms with van der Waals surface area (Å²) in [7, 11) is 1.60. The number of halogens is 1. The topological polar surface area (TPSA) is 76.7 Å². The van der Waals surface area contributed by atoms with E-state index in [1.165, 1.54) is 18.2 Å². The molecule has 0 aliphatic carbocycles. The van der Waals surface area contributed by atoms with E-state index in [0.717, 1.165) is 11.3 Å². The van der Waals surface area contributed by atoms with Gasteiger partial charge in [-0.05, 0) is 42.7 Å². The van der Waals surface area contributed by atoms with Gasteiger partial charge in [-0.15, -0.1) is 0 Å². The second kappa shape index (κ2) is 8.84. The van der Waals surface area contributed by atoms with Crippen LogP contribution in [-0.4, -0.2) is 38.7 Å². The van der Waals surface area contributed by atoms with Gasteiger partial charge in [-0.2, -0.15) is 0 Å². The molecule has 0 radical (unpaired) electrons. The van der Waals surface area contributed by atoms with E-state index < -0.39 is 17.6 Å². The van der Waals surface area contributed by atoms with Crippen molar-refractivity contribution in [2.45, 2.75) is 18.3 Å². The molecule has 1 saturated heterocycles. The van der Waals surface area contributed by atoms with Gasteiger partial charge in [-0.25, -0.2) is 4.39 Å². The van der Waals surface area contributed by atoms with Crippen LogP contribution in [0.5, 0.6) is 5.75 Å². The summed E-state index contributed by atoms with van der Waals surface area (Å²) in [5, 5.41) is 5.00. The Balaban J connectivity index is 1.68. The van der Waals surface area contributed by atoms with Gasteiger partial charge in [-0.1, -0.05) is 24.3 Å². The Morgan fingerprint density at radius 1 is 1.07 bits per heavy atom. The molecule has 0 saturated carbocycles. The third-order valence-corrected chi connectivity index (χ3v) is 5.07. The van der Waals surface area contributed by atoms with Crippen LogP contribution in [0, 0.1) is 5.82 Å². The molecule has 1 aliphatic heterocycles. The van der Waals surface area contributed by atoms with Crippen molar-refractivity contribution in [3.63, 3.8) is 0 Å². The van der Waals surface area contributed by atoms with Gasteiger partial charge in [0.05, 0.1) is 12.8 Å². The first-order chi connectivity index (χ1) is 13.5. The number of carbonyl (C=O) groups is 2. The van der Waals surface area contributed by atoms with Crippen molar-refractivity contribution in [3.8, 4) is 5.75 Å². The molecular weight excluding hydrogens is 363 g/mol. The van der Waals surface area contributed by atoms with Gasteiger partial charge in [0.15, 0.2) is 0 Å². The van der Waals surface area contributed by atoms with Gasteiger partial charge >= 0.3 is 11.8 Å². The summed E-state index contributed by atoms with van der Waals surface area (Å²) < 4.78 is 24.4. The molecule has 0 bridgehead atoms. The number of benzene rings is 2. The highest BCUT2D eigenvalue weighted by Crippen LogP contribution is 2.35. The number of amides is 2. The maximum atomic E-state index is 13.7. The summed E-state index contributed by atoms with van der Waals surface area (Å²) in [6.45, 7) is 1.43. The van der Waals surface area contributed by atoms with Crippen LogP contribution in [0.3, 0.4) is 0 Å². The lowest BCUT2D eigenvalue weighted by Crippen LogP contribution is -2.47. The average molecular weight is 386 g/mol. The van der Waals surface area contributed by atoms with Gasteiger partial charge in [0.2, 0.25) is 0 Å². The Bertz CT molecular complexity index is 833. The largest absolute Gasteiger partial charge is 0.497 e. The Kier molecular flexibility index (Phi) is 6.26. The molecular formula is C21H23FN2O4. The van der Waals surface area contributed by atoms with Crippen LogP contribution in [0.4, 0.5) is 10.1 Å². The molecule has 0 spiro atoms. The molecule has 6 nitrogen and oxygen atoms in total. The summed E-state index contributed by atoms with van der Waals surface area (Å²) in [5.41, 5.74) is 0.684. The van der Waals surface area contributed by atoms with Crippen molar-refractivity contribution >= 4 is 17.5 Å². The van der Waals surface area contributed by atoms with Crippen molar-refractivity contribution in [2.75, 3.05) is 32.2 Å². The summed E-state index contributed by atoms with van der Waals surface area (Å²) in [6.07, 6.45) is 1.43. The van der Waals surface area contributed by atoms with Crippen molar-refractivity contribution in [1.82, 2.24) is 5.32 Å². The fourth-order valence-electron chi connectivity index (χ4n) is 3.35. The zero-order valence-electron chi connectivity index (χ0n) is 15.7. The van der Waals surface area contributed by atoms with Crippen LogP contribution in [0.2, 0.25) is 0 Å². The van der Waals surface area contributed by atoms with Gasteiger partial charge in [0, 0.05) is 25.2 Å². The number of rotatable bonds is 5. The molecule has 3 rings (SSSR count). The zero-order valence-corrected chi connectivity index (χ0v) is 15.7. The number of nitrogens with one attached hydrogen (secondary N) is 2. The highest BCUT2D eigenvalue weighted by Gasteiger charge is 2.35. The minimum Gasteiger partial charge on any atom is -0.497 e. The van der Waals surface area contributed by atoms with Crippen LogP contribution in [0.25, 0.3) is 0 Å². The third-order valence-electron chi connectivity index (χ3n) is 5.07. The quantitative estimate of drug-likeness (QED) is 0.775. The Hall–Kier alpha value is -2.93. The van der Waals surface area contributed by atoms with E-state index in [9.17, 15) is 14.0 Å². The molecule has 0 aromatic heterocycles. The van der Waals surface area contributed by atoms with Crippen LogP contribution >= 0.6 is 0 Å². The molecule has 2 aromatic rings. The number of para-hydroxylation sites is 1. The molecule has 2 amide bonds. The molecule has 7 heteroatoms. The number of methoxy groups -OCH3 is 1. The molecule has 2 N–H and O–H groups in total. The second-order valence-corrected chi connectivity index (χ2v) is 6.74. The van der Waals surface area contributed by atoms with E-state index in [1.807, 2.05) is 24.3 Å². The first-order valence-corrected chi connectivity index (χ1v) is 9.10. The summed E-state index contributed by atoms with van der Waals surface area (Å²) in [5.74, 6) is -1.55. The molecule has 28 heavy (non-hydrogen) atoms. The zero-order chi connectivity index (χ0) is 20.0. The predicted octanol–water partition coefficient (Wildman–Crippen LogP) is 2.64. The number of hydrogen-bond donors (Lipinski definition) is 2. The minimum atomic E-state index is -0.901. The second-order valence-electron chi connectivity index (χ2n) is 6.74. The molecule has 1 aliphatic rings. The van der Waals surface area contributed by atoms with Crippen LogP contribution in [0.15, 0.2) is 48.5 Å². The summed E-state index contributed by atoms with van der Waals surface area (Å²) in [4.78, 5) is 24.4. The first-order valence-electron chi connectivity index (χ1n) is 9.10. The monoisotopic (exact) mass is 386 g/mol. The molecule has 0 unspecified atom stereocenters. The maximum Gasteiger partial charge on any atom is 0.313 e. The number of anilines is 1. The van der Waals surface area contributed by atoms with Gasteiger partial charge in [0.1, 0.15) is 11.6 Å². The fourth-order valence-corrected chi connectivity index (χ4v) is 3.35. The Morgan fingerprint density at radius 2 is 1.75 bits per heavy atom. The van der Waals surface area contributed by atoms with Crippen molar-refractivity contribution in [2.24, 2.45) is 0 Å². The van der Waals surface area contributed by atoms with Gasteiger partial charge in [-0.3, -0.25) is 9.59 Å². The van der Waals surface area contributed by atoms with Crippen LogP contribution in [0.1, 0.15) is 18.4 Å². The highest BCUT2D eigenvalue weighted by molar-refractivity contribution is 6.39. The summed E-state index contributed by atoms with van der Waals surface area (Å²) in [6, 6.07) is 13.4. The summed E-state index contributed by atoms with van der Waals surface area (Å²) >= 11 is 0. The number of hydrogen-bond acceptors (Lipinski definition) is 4. The van der Waals surface area contributed by atoms with Crippen LogP contribution < -0.4 is 15.4 Å². The molecule has 0 atom stereocenters. The molecule has 1 fully saturated rings. The third kappa shape index (κ3) is 4.48. The molecule has 1 heterocycles. The normalized spacial score (nSPS) is 15.5. The lowest BCUT2D eigenvalue weighted by Gasteiger charge is -2.38. The Morgan fingerprint density at radius 3 is 2.39 bits per heavy atom. The van der Waals surface area contributed by atoms with E-state index in [0.29, 0.717) is 26.1 Å². The molecule has 2 aromatic carbocycles. The maximum absolute atomic E-state index is 13.7.